The van der Waals surface area contributed by atoms with Crippen LogP contribution in [0.4, 0.5) is 5.82 Å². The molecule has 0 bridgehead atoms. The minimum atomic E-state index is -1.02. The molecule has 2 rings (SSSR count). The first-order valence-electron chi connectivity index (χ1n) is 5.81. The van der Waals surface area contributed by atoms with Gasteiger partial charge in [-0.1, -0.05) is 0 Å². The van der Waals surface area contributed by atoms with Gasteiger partial charge in [-0.2, -0.15) is 10.1 Å². The number of carbonyl (C=O) groups excluding carboxylic acids is 1. The molecule has 1 aliphatic heterocycles. The molecule has 0 aliphatic carbocycles. The molecule has 1 unspecified atom stereocenters. The molecule has 19 heavy (non-hydrogen) atoms. The minimum absolute atomic E-state index is 0.256. The van der Waals surface area contributed by atoms with Gasteiger partial charge in [-0.25, -0.2) is 9.97 Å². The van der Waals surface area contributed by atoms with Crippen LogP contribution in [0.5, 0.6) is 0 Å². The lowest BCUT2D eigenvalue weighted by Gasteiger charge is -2.13. The maximum atomic E-state index is 12.2. The van der Waals surface area contributed by atoms with E-state index in [0.29, 0.717) is 17.4 Å². The highest BCUT2D eigenvalue weighted by atomic mass is 16.4. The van der Waals surface area contributed by atoms with Gasteiger partial charge < -0.3 is 5.11 Å². The zero-order valence-electron chi connectivity index (χ0n) is 10.9. The van der Waals surface area contributed by atoms with Crippen molar-refractivity contribution in [3.05, 3.63) is 17.6 Å². The van der Waals surface area contributed by atoms with E-state index in [1.54, 1.807) is 26.8 Å². The molecule has 1 atom stereocenters. The molecule has 0 radical (unpaired) electrons. The van der Waals surface area contributed by atoms with Crippen molar-refractivity contribution in [1.82, 2.24) is 9.97 Å². The number of aromatic nitrogens is 2. The topological polar surface area (TPSA) is 95.8 Å². The highest BCUT2D eigenvalue weighted by molar-refractivity contribution is 6.15. The van der Waals surface area contributed by atoms with Crippen LogP contribution in [0.1, 0.15) is 24.9 Å². The summed E-state index contributed by atoms with van der Waals surface area (Å²) in [4.78, 5) is 31.2. The van der Waals surface area contributed by atoms with Gasteiger partial charge in [0.25, 0.3) is 5.91 Å². The highest BCUT2D eigenvalue weighted by Gasteiger charge is 2.36. The van der Waals surface area contributed by atoms with E-state index in [4.69, 9.17) is 5.11 Å². The van der Waals surface area contributed by atoms with Crippen molar-refractivity contribution in [3.8, 4) is 0 Å². The average molecular weight is 262 g/mol. The Bertz CT molecular complexity index is 562. The fraction of sp³-hybridized carbons (Fsp3) is 0.417. The van der Waals surface area contributed by atoms with Crippen molar-refractivity contribution in [2.45, 2.75) is 27.2 Å². The second-order valence-corrected chi connectivity index (χ2v) is 4.46. The Morgan fingerprint density at radius 1 is 1.37 bits per heavy atom. The number of anilines is 1. The lowest BCUT2D eigenvalue weighted by atomic mass is 10.0. The number of aryl methyl sites for hydroxylation is 2. The van der Waals surface area contributed by atoms with Gasteiger partial charge in [0.05, 0.1) is 12.3 Å². The third-order valence-electron chi connectivity index (χ3n) is 2.82. The van der Waals surface area contributed by atoms with Crippen LogP contribution in [0.25, 0.3) is 0 Å². The molecular weight excluding hydrogens is 248 g/mol. The molecule has 0 saturated carbocycles. The summed E-state index contributed by atoms with van der Waals surface area (Å²) < 4.78 is 0. The van der Waals surface area contributed by atoms with Crippen LogP contribution in [0, 0.1) is 19.8 Å². The number of amides is 1. The molecule has 2 heterocycles. The summed E-state index contributed by atoms with van der Waals surface area (Å²) in [5.41, 5.74) is 1.21. The van der Waals surface area contributed by atoms with E-state index in [1.165, 1.54) is 0 Å². The smallest absolute Gasteiger partial charge is 0.304 e. The average Bonchev–Trinajstić information content (AvgIpc) is 2.55. The maximum Gasteiger partial charge on any atom is 0.304 e. The van der Waals surface area contributed by atoms with Gasteiger partial charge in [0.1, 0.15) is 5.82 Å². The minimum Gasteiger partial charge on any atom is -0.481 e. The van der Waals surface area contributed by atoms with Gasteiger partial charge in [0, 0.05) is 17.5 Å². The van der Waals surface area contributed by atoms with Crippen molar-refractivity contribution >= 4 is 23.4 Å². The van der Waals surface area contributed by atoms with Crippen LogP contribution in [-0.4, -0.2) is 32.7 Å². The van der Waals surface area contributed by atoms with Crippen LogP contribution >= 0.6 is 0 Å². The van der Waals surface area contributed by atoms with Gasteiger partial charge in [0.2, 0.25) is 0 Å². The van der Waals surface area contributed by atoms with Gasteiger partial charge in [-0.3, -0.25) is 9.59 Å². The van der Waals surface area contributed by atoms with Crippen LogP contribution in [0.15, 0.2) is 11.2 Å². The predicted octanol–water partition coefficient (Wildman–Crippen LogP) is 0.907. The van der Waals surface area contributed by atoms with Gasteiger partial charge in [-0.15, -0.1) is 0 Å². The molecule has 0 aromatic carbocycles. The van der Waals surface area contributed by atoms with Gasteiger partial charge >= 0.3 is 5.97 Å². The Kier molecular flexibility index (Phi) is 3.28. The van der Waals surface area contributed by atoms with Crippen LogP contribution in [0.2, 0.25) is 0 Å². The fourth-order valence-electron chi connectivity index (χ4n) is 1.98. The second-order valence-electron chi connectivity index (χ2n) is 4.46. The normalized spacial score (nSPS) is 18.7. The summed E-state index contributed by atoms with van der Waals surface area (Å²) >= 11 is 0. The van der Waals surface area contributed by atoms with E-state index in [0.717, 1.165) is 10.7 Å². The SMILES string of the molecule is CC1=NN(c2cc(C)nc(C)n2)C(=O)C1CC(=O)O. The molecule has 1 aromatic heterocycles. The lowest BCUT2D eigenvalue weighted by molar-refractivity contribution is -0.139. The lowest BCUT2D eigenvalue weighted by Crippen LogP contribution is -2.29. The molecule has 0 fully saturated rings. The molecule has 1 aromatic rings. The quantitative estimate of drug-likeness (QED) is 0.873. The predicted molar refractivity (Wildman–Crippen MR) is 67.8 cm³/mol. The molecule has 7 nitrogen and oxygen atoms in total. The van der Waals surface area contributed by atoms with E-state index >= 15 is 0 Å². The van der Waals surface area contributed by atoms with Crippen molar-refractivity contribution in [2.75, 3.05) is 5.01 Å². The van der Waals surface area contributed by atoms with Crippen molar-refractivity contribution < 1.29 is 14.7 Å². The number of hydrazone groups is 1. The van der Waals surface area contributed by atoms with E-state index in [1.807, 2.05) is 0 Å². The fourth-order valence-corrected chi connectivity index (χ4v) is 1.98. The Morgan fingerprint density at radius 2 is 2.05 bits per heavy atom. The van der Waals surface area contributed by atoms with Gasteiger partial charge in [0.15, 0.2) is 5.82 Å². The molecular formula is C12H14N4O3. The summed E-state index contributed by atoms with van der Waals surface area (Å²) in [6.45, 7) is 5.17. The molecule has 7 heteroatoms. The van der Waals surface area contributed by atoms with E-state index in [-0.39, 0.29) is 12.3 Å². The summed E-state index contributed by atoms with van der Waals surface area (Å²) in [5, 5.41) is 14.1. The van der Waals surface area contributed by atoms with Crippen molar-refractivity contribution in [2.24, 2.45) is 11.0 Å². The van der Waals surface area contributed by atoms with Crippen LogP contribution in [0.3, 0.4) is 0 Å². The van der Waals surface area contributed by atoms with Gasteiger partial charge in [-0.05, 0) is 20.8 Å². The number of carboxylic acids is 1. The Labute approximate surface area is 110 Å². The standard InChI is InChI=1S/C12H14N4O3/c1-6-4-10(14-8(3)13-6)16-12(19)9(5-11(17)18)7(2)15-16/h4,9H,5H2,1-3H3,(H,17,18). The highest BCUT2D eigenvalue weighted by Crippen LogP contribution is 2.24. The Balaban J connectivity index is 2.32. The summed E-state index contributed by atoms with van der Waals surface area (Å²) in [5.74, 6) is -1.19. The molecule has 1 amide bonds. The Morgan fingerprint density at radius 3 is 2.63 bits per heavy atom. The van der Waals surface area contributed by atoms with Crippen LogP contribution in [-0.2, 0) is 9.59 Å². The number of carboxylic acid groups (broad SMARTS) is 1. The summed E-state index contributed by atoms with van der Waals surface area (Å²) in [7, 11) is 0. The van der Waals surface area contributed by atoms with E-state index < -0.39 is 11.9 Å². The first-order valence-corrected chi connectivity index (χ1v) is 5.81. The molecule has 1 N–H and O–H groups in total. The number of aliphatic carboxylic acids is 1. The third kappa shape index (κ3) is 2.59. The molecule has 0 spiro atoms. The second kappa shape index (κ2) is 4.75. The number of hydrogen-bond donors (Lipinski definition) is 1. The Hall–Kier alpha value is -2.31. The number of carbonyl (C=O) groups is 2. The van der Waals surface area contributed by atoms with Crippen LogP contribution < -0.4 is 5.01 Å². The first-order chi connectivity index (χ1) is 8.88. The first kappa shape index (κ1) is 13.1. The monoisotopic (exact) mass is 262 g/mol. The number of nitrogens with zero attached hydrogens (tertiary/aromatic N) is 4. The molecule has 100 valence electrons. The molecule has 0 saturated heterocycles. The molecule has 1 aliphatic rings. The van der Waals surface area contributed by atoms with E-state index in [2.05, 4.69) is 15.1 Å². The summed E-state index contributed by atoms with van der Waals surface area (Å²) in [6, 6.07) is 1.64. The van der Waals surface area contributed by atoms with Crippen molar-refractivity contribution in [1.29, 1.82) is 0 Å². The summed E-state index contributed by atoms with van der Waals surface area (Å²) in [6.07, 6.45) is -0.256. The van der Waals surface area contributed by atoms with Crippen molar-refractivity contribution in [3.63, 3.8) is 0 Å². The number of rotatable bonds is 3. The maximum absolute atomic E-state index is 12.2. The zero-order chi connectivity index (χ0) is 14.2. The number of hydrogen-bond acceptors (Lipinski definition) is 5. The van der Waals surface area contributed by atoms with E-state index in [9.17, 15) is 9.59 Å². The largest absolute Gasteiger partial charge is 0.481 e. The zero-order valence-corrected chi connectivity index (χ0v) is 10.9. The third-order valence-corrected chi connectivity index (χ3v) is 2.82.